The van der Waals surface area contributed by atoms with Gasteiger partial charge in [-0.2, -0.15) is 0 Å². The van der Waals surface area contributed by atoms with E-state index in [2.05, 4.69) is 4.98 Å². The van der Waals surface area contributed by atoms with Crippen molar-refractivity contribution in [3.05, 3.63) is 29.3 Å². The summed E-state index contributed by atoms with van der Waals surface area (Å²) in [6.07, 6.45) is 1.58. The zero-order valence-corrected chi connectivity index (χ0v) is 5.76. The maximum Gasteiger partial charge on any atom is 0.144 e. The first-order valence-electron chi connectivity index (χ1n) is 3.05. The minimum Gasteiger partial charge on any atom is -0.326 e. The Morgan fingerprint density at radius 1 is 1.70 bits per heavy atom. The van der Waals surface area contributed by atoms with Crippen molar-refractivity contribution >= 4 is 0 Å². The summed E-state index contributed by atoms with van der Waals surface area (Å²) in [5.74, 6) is -0.289. The van der Waals surface area contributed by atoms with Crippen LogP contribution in [-0.4, -0.2) is 4.98 Å². The largest absolute Gasteiger partial charge is 0.326 e. The van der Waals surface area contributed by atoms with Crippen LogP contribution in [0.15, 0.2) is 12.3 Å². The van der Waals surface area contributed by atoms with E-state index >= 15 is 0 Å². The van der Waals surface area contributed by atoms with Crippen molar-refractivity contribution in [1.82, 2.24) is 4.98 Å². The normalized spacial score (nSPS) is 9.90. The van der Waals surface area contributed by atoms with Crippen LogP contribution in [0.5, 0.6) is 0 Å². The first-order valence-corrected chi connectivity index (χ1v) is 3.05. The van der Waals surface area contributed by atoms with Crippen molar-refractivity contribution in [3.63, 3.8) is 0 Å². The quantitative estimate of drug-likeness (QED) is 0.631. The molecule has 0 saturated heterocycles. The molecule has 54 valence electrons. The molecule has 3 heteroatoms. The van der Waals surface area contributed by atoms with Gasteiger partial charge in [0.2, 0.25) is 0 Å². The third-order valence-electron chi connectivity index (χ3n) is 1.32. The third kappa shape index (κ3) is 1.30. The fourth-order valence-electron chi connectivity index (χ4n) is 0.658. The number of hydrogen-bond acceptors (Lipinski definition) is 2. The molecular formula is C7H9FN2. The molecule has 0 unspecified atom stereocenters. The highest BCUT2D eigenvalue weighted by atomic mass is 19.1. The Labute approximate surface area is 58.9 Å². The Bertz CT molecular complexity index is 235. The van der Waals surface area contributed by atoms with Gasteiger partial charge in [0.25, 0.3) is 0 Å². The summed E-state index contributed by atoms with van der Waals surface area (Å²) >= 11 is 0. The van der Waals surface area contributed by atoms with Crippen molar-refractivity contribution in [2.24, 2.45) is 5.73 Å². The van der Waals surface area contributed by atoms with Gasteiger partial charge in [0.05, 0.1) is 5.69 Å². The number of rotatable bonds is 1. The Morgan fingerprint density at radius 2 is 2.40 bits per heavy atom. The molecular weight excluding hydrogens is 131 g/mol. The van der Waals surface area contributed by atoms with Gasteiger partial charge < -0.3 is 5.73 Å². The van der Waals surface area contributed by atoms with Crippen LogP contribution in [-0.2, 0) is 6.54 Å². The predicted molar refractivity (Wildman–Crippen MR) is 36.8 cm³/mol. The summed E-state index contributed by atoms with van der Waals surface area (Å²) in [5, 5.41) is 0. The lowest BCUT2D eigenvalue weighted by atomic mass is 10.2. The number of pyridine rings is 1. The SMILES string of the molecule is Cc1ncc(CN)cc1F. The van der Waals surface area contributed by atoms with Crippen LogP contribution in [0.2, 0.25) is 0 Å². The molecule has 2 N–H and O–H groups in total. The van der Waals surface area contributed by atoms with Gasteiger partial charge in [-0.1, -0.05) is 0 Å². The average Bonchev–Trinajstić information content (AvgIpc) is 1.95. The molecule has 0 bridgehead atoms. The predicted octanol–water partition coefficient (Wildman–Crippen LogP) is 0.988. The lowest BCUT2D eigenvalue weighted by molar-refractivity contribution is 0.607. The Balaban J connectivity index is 3.04. The number of aryl methyl sites for hydroxylation is 1. The fraction of sp³-hybridized carbons (Fsp3) is 0.286. The molecule has 1 heterocycles. The van der Waals surface area contributed by atoms with Crippen LogP contribution < -0.4 is 5.73 Å². The first kappa shape index (κ1) is 7.15. The Morgan fingerprint density at radius 3 is 2.90 bits per heavy atom. The van der Waals surface area contributed by atoms with E-state index in [1.807, 2.05) is 0 Å². The smallest absolute Gasteiger partial charge is 0.144 e. The molecule has 0 spiro atoms. The van der Waals surface area contributed by atoms with Crippen LogP contribution in [0.3, 0.4) is 0 Å². The number of halogens is 1. The Kier molecular flexibility index (Phi) is 1.97. The van der Waals surface area contributed by atoms with Gasteiger partial charge in [0.1, 0.15) is 5.82 Å². The summed E-state index contributed by atoms with van der Waals surface area (Å²) in [7, 11) is 0. The van der Waals surface area contributed by atoms with E-state index in [1.54, 1.807) is 13.1 Å². The number of nitrogens with two attached hydrogens (primary N) is 1. The topological polar surface area (TPSA) is 38.9 Å². The van der Waals surface area contributed by atoms with Crippen LogP contribution in [0.25, 0.3) is 0 Å². The highest BCUT2D eigenvalue weighted by Gasteiger charge is 1.97. The highest BCUT2D eigenvalue weighted by molar-refractivity contribution is 5.14. The van der Waals surface area contributed by atoms with Gasteiger partial charge >= 0.3 is 0 Å². The second-order valence-corrected chi connectivity index (χ2v) is 2.11. The van der Waals surface area contributed by atoms with Crippen molar-refractivity contribution in [3.8, 4) is 0 Å². The summed E-state index contributed by atoms with van der Waals surface area (Å²) in [6, 6.07) is 1.41. The molecule has 0 aliphatic rings. The lowest BCUT2D eigenvalue weighted by Crippen LogP contribution is -1.99. The lowest BCUT2D eigenvalue weighted by Gasteiger charge is -1.97. The van der Waals surface area contributed by atoms with Crippen molar-refractivity contribution < 1.29 is 4.39 Å². The zero-order valence-electron chi connectivity index (χ0n) is 5.76. The molecule has 0 aromatic carbocycles. The molecule has 0 amide bonds. The fourth-order valence-corrected chi connectivity index (χ4v) is 0.658. The van der Waals surface area contributed by atoms with Crippen LogP contribution >= 0.6 is 0 Å². The molecule has 1 aromatic heterocycles. The van der Waals surface area contributed by atoms with E-state index in [9.17, 15) is 4.39 Å². The summed E-state index contributed by atoms with van der Waals surface area (Å²) in [5.41, 5.74) is 6.40. The van der Waals surface area contributed by atoms with Crippen molar-refractivity contribution in [2.75, 3.05) is 0 Å². The molecule has 10 heavy (non-hydrogen) atoms. The summed E-state index contributed by atoms with van der Waals surface area (Å²) in [6.45, 7) is 1.96. The van der Waals surface area contributed by atoms with E-state index in [-0.39, 0.29) is 5.82 Å². The second-order valence-electron chi connectivity index (χ2n) is 2.11. The van der Waals surface area contributed by atoms with Gasteiger partial charge in [-0.3, -0.25) is 4.98 Å². The molecule has 0 radical (unpaired) electrons. The van der Waals surface area contributed by atoms with Gasteiger partial charge in [-0.15, -0.1) is 0 Å². The minimum atomic E-state index is -0.289. The van der Waals surface area contributed by atoms with E-state index in [0.29, 0.717) is 12.2 Å². The minimum absolute atomic E-state index is 0.289. The van der Waals surface area contributed by atoms with Crippen LogP contribution in [0.1, 0.15) is 11.3 Å². The monoisotopic (exact) mass is 140 g/mol. The van der Waals surface area contributed by atoms with E-state index < -0.39 is 0 Å². The van der Waals surface area contributed by atoms with Crippen LogP contribution in [0.4, 0.5) is 4.39 Å². The standard InChI is InChI=1S/C7H9FN2/c1-5-7(8)2-6(3-9)4-10-5/h2,4H,3,9H2,1H3. The number of hydrogen-bond donors (Lipinski definition) is 1. The Hall–Kier alpha value is -0.960. The molecule has 2 nitrogen and oxygen atoms in total. The average molecular weight is 140 g/mol. The van der Waals surface area contributed by atoms with Gasteiger partial charge in [-0.25, -0.2) is 4.39 Å². The van der Waals surface area contributed by atoms with Crippen molar-refractivity contribution in [2.45, 2.75) is 13.5 Å². The number of nitrogens with zero attached hydrogens (tertiary/aromatic N) is 1. The highest BCUT2D eigenvalue weighted by Crippen LogP contribution is 2.04. The molecule has 0 saturated carbocycles. The van der Waals surface area contributed by atoms with E-state index in [0.717, 1.165) is 5.56 Å². The maximum absolute atomic E-state index is 12.6. The zero-order chi connectivity index (χ0) is 7.56. The number of aromatic nitrogens is 1. The second kappa shape index (κ2) is 2.75. The molecule has 1 rings (SSSR count). The molecule has 0 aliphatic carbocycles. The van der Waals surface area contributed by atoms with E-state index in [4.69, 9.17) is 5.73 Å². The first-order chi connectivity index (χ1) is 4.74. The van der Waals surface area contributed by atoms with E-state index in [1.165, 1.54) is 6.07 Å². The summed E-state index contributed by atoms with van der Waals surface area (Å²) in [4.78, 5) is 3.79. The molecule has 1 aromatic rings. The van der Waals surface area contributed by atoms with Gasteiger partial charge in [0, 0.05) is 12.7 Å². The molecule has 0 fully saturated rings. The van der Waals surface area contributed by atoms with Gasteiger partial charge in [0.15, 0.2) is 0 Å². The summed E-state index contributed by atoms with van der Waals surface area (Å²) < 4.78 is 12.6. The van der Waals surface area contributed by atoms with Crippen molar-refractivity contribution in [1.29, 1.82) is 0 Å². The van der Waals surface area contributed by atoms with Crippen LogP contribution in [0, 0.1) is 12.7 Å². The maximum atomic E-state index is 12.6. The molecule has 0 atom stereocenters. The molecule has 0 aliphatic heterocycles. The third-order valence-corrected chi connectivity index (χ3v) is 1.32. The van der Waals surface area contributed by atoms with Gasteiger partial charge in [-0.05, 0) is 18.6 Å².